The van der Waals surface area contributed by atoms with Gasteiger partial charge in [-0.25, -0.2) is 8.42 Å². The lowest BCUT2D eigenvalue weighted by atomic mass is 10.2. The molecule has 1 aliphatic rings. The van der Waals surface area contributed by atoms with E-state index in [1.54, 1.807) is 0 Å². The molecule has 0 radical (unpaired) electrons. The summed E-state index contributed by atoms with van der Waals surface area (Å²) in [6.45, 7) is -0.131. The quantitative estimate of drug-likeness (QED) is 0.772. The number of aliphatic carboxylic acids is 1. The number of sulfonamides is 1. The van der Waals surface area contributed by atoms with Gasteiger partial charge in [0.2, 0.25) is 10.0 Å². The first-order valence-electron chi connectivity index (χ1n) is 5.81. The first-order valence-corrected chi connectivity index (χ1v) is 7.42. The van der Waals surface area contributed by atoms with Crippen molar-refractivity contribution in [1.29, 1.82) is 0 Å². The van der Waals surface area contributed by atoms with E-state index in [0.29, 0.717) is 17.1 Å². The first kappa shape index (κ1) is 16.2. The molecule has 0 aromatic carbocycles. The van der Waals surface area contributed by atoms with Gasteiger partial charge in [0.25, 0.3) is 0 Å². The third kappa shape index (κ3) is 5.35. The highest BCUT2D eigenvalue weighted by molar-refractivity contribution is 7.89. The topological polar surface area (TPSA) is 74.7 Å². The minimum atomic E-state index is -4.64. The second-order valence-corrected chi connectivity index (χ2v) is 6.74. The predicted octanol–water partition coefficient (Wildman–Crippen LogP) is 1.45. The lowest BCUT2D eigenvalue weighted by Crippen LogP contribution is -2.46. The monoisotopic (exact) mass is 303 g/mol. The highest BCUT2D eigenvalue weighted by atomic mass is 32.2. The number of carbonyl (C=O) groups is 1. The number of hydrogen-bond acceptors (Lipinski definition) is 3. The number of nitrogens with zero attached hydrogens (tertiary/aromatic N) is 1. The lowest BCUT2D eigenvalue weighted by Gasteiger charge is -2.29. The minimum Gasteiger partial charge on any atom is -0.481 e. The van der Waals surface area contributed by atoms with E-state index in [1.165, 1.54) is 6.92 Å². The second-order valence-electron chi connectivity index (χ2n) is 4.70. The molecule has 1 atom stereocenters. The molecular weight excluding hydrogens is 287 g/mol. The zero-order chi connectivity index (χ0) is 14.8. The normalized spacial score (nSPS) is 18.6. The Morgan fingerprint density at radius 2 is 1.95 bits per heavy atom. The van der Waals surface area contributed by atoms with Gasteiger partial charge in [0, 0.05) is 6.04 Å². The summed E-state index contributed by atoms with van der Waals surface area (Å²) >= 11 is 0. The van der Waals surface area contributed by atoms with Crippen LogP contribution in [0.2, 0.25) is 0 Å². The van der Waals surface area contributed by atoms with Crippen molar-refractivity contribution in [2.24, 2.45) is 5.92 Å². The first-order chi connectivity index (χ1) is 8.53. The maximum atomic E-state index is 12.5. The van der Waals surface area contributed by atoms with E-state index in [0.717, 1.165) is 0 Å². The van der Waals surface area contributed by atoms with Crippen molar-refractivity contribution >= 4 is 16.0 Å². The molecule has 0 heterocycles. The van der Waals surface area contributed by atoms with Crippen molar-refractivity contribution in [2.45, 2.75) is 38.4 Å². The van der Waals surface area contributed by atoms with Crippen LogP contribution in [0.5, 0.6) is 0 Å². The van der Waals surface area contributed by atoms with Gasteiger partial charge in [-0.15, -0.1) is 0 Å². The van der Waals surface area contributed by atoms with Crippen molar-refractivity contribution in [1.82, 2.24) is 4.31 Å². The molecule has 0 aromatic rings. The Balaban J connectivity index is 2.84. The molecule has 1 fully saturated rings. The fourth-order valence-corrected chi connectivity index (χ4v) is 3.51. The van der Waals surface area contributed by atoms with Crippen LogP contribution in [-0.4, -0.2) is 48.3 Å². The summed E-state index contributed by atoms with van der Waals surface area (Å²) in [6, 6.07) is -0.750. The van der Waals surface area contributed by atoms with Crippen LogP contribution in [0.3, 0.4) is 0 Å². The van der Waals surface area contributed by atoms with Crippen LogP contribution in [0.15, 0.2) is 0 Å². The van der Waals surface area contributed by atoms with Crippen molar-refractivity contribution in [2.75, 3.05) is 12.3 Å². The Kier molecular flexibility index (Phi) is 4.83. The predicted molar refractivity (Wildman–Crippen MR) is 61.0 cm³/mol. The van der Waals surface area contributed by atoms with Crippen LogP contribution in [0, 0.1) is 5.92 Å². The molecule has 1 aliphatic carbocycles. The summed E-state index contributed by atoms with van der Waals surface area (Å²) in [6.07, 6.45) is -3.94. The van der Waals surface area contributed by atoms with Crippen molar-refractivity contribution in [3.63, 3.8) is 0 Å². The largest absolute Gasteiger partial charge is 0.481 e. The van der Waals surface area contributed by atoms with Crippen molar-refractivity contribution in [3.8, 4) is 0 Å². The van der Waals surface area contributed by atoms with E-state index in [1.807, 2.05) is 0 Å². The Morgan fingerprint density at radius 1 is 1.42 bits per heavy atom. The fraction of sp³-hybridized carbons (Fsp3) is 0.900. The molecule has 19 heavy (non-hydrogen) atoms. The number of rotatable bonds is 7. The van der Waals surface area contributed by atoms with Gasteiger partial charge in [-0.2, -0.15) is 17.5 Å². The number of alkyl halides is 3. The molecule has 1 unspecified atom stereocenters. The third-order valence-electron chi connectivity index (χ3n) is 3.02. The maximum Gasteiger partial charge on any atom is 0.402 e. The van der Waals surface area contributed by atoms with Crippen molar-refractivity contribution in [3.05, 3.63) is 0 Å². The van der Waals surface area contributed by atoms with E-state index in [2.05, 4.69) is 0 Å². The number of carboxylic acids is 1. The van der Waals surface area contributed by atoms with E-state index in [-0.39, 0.29) is 5.92 Å². The van der Waals surface area contributed by atoms with Gasteiger partial charge in [0.1, 0.15) is 6.54 Å². The Bertz CT molecular complexity index is 431. The van der Waals surface area contributed by atoms with E-state index < -0.39 is 46.9 Å². The lowest BCUT2D eigenvalue weighted by molar-refractivity contribution is -0.139. The third-order valence-corrected chi connectivity index (χ3v) is 4.92. The van der Waals surface area contributed by atoms with Crippen LogP contribution < -0.4 is 0 Å². The maximum absolute atomic E-state index is 12.5. The standard InChI is InChI=1S/C10H16F3NO4S/c1-7(8-2-3-8)14(6-10(11,12)13)19(17,18)5-4-9(15)16/h7-8H,2-6H2,1H3,(H,15,16). The fourth-order valence-electron chi connectivity index (χ4n) is 1.82. The molecule has 5 nitrogen and oxygen atoms in total. The van der Waals surface area contributed by atoms with Gasteiger partial charge >= 0.3 is 12.1 Å². The molecule has 1 N–H and O–H groups in total. The van der Waals surface area contributed by atoms with Crippen molar-refractivity contribution < 1.29 is 31.5 Å². The van der Waals surface area contributed by atoms with E-state index in [9.17, 15) is 26.4 Å². The minimum absolute atomic E-state index is 0.0676. The molecule has 112 valence electrons. The Labute approximate surface area is 109 Å². The SMILES string of the molecule is CC(C1CC1)N(CC(F)(F)F)S(=O)(=O)CCC(=O)O. The van der Waals surface area contributed by atoms with Crippen LogP contribution in [0.25, 0.3) is 0 Å². The summed E-state index contributed by atoms with van der Waals surface area (Å²) in [5, 5.41) is 8.45. The summed E-state index contributed by atoms with van der Waals surface area (Å²) in [7, 11) is -4.22. The zero-order valence-electron chi connectivity index (χ0n) is 10.4. The van der Waals surface area contributed by atoms with Gasteiger partial charge < -0.3 is 5.11 Å². The Hall–Kier alpha value is -0.830. The highest BCUT2D eigenvalue weighted by Gasteiger charge is 2.43. The number of hydrogen-bond donors (Lipinski definition) is 1. The summed E-state index contributed by atoms with van der Waals surface area (Å²) < 4.78 is 61.5. The van der Waals surface area contributed by atoms with Crippen LogP contribution in [0.4, 0.5) is 13.2 Å². The van der Waals surface area contributed by atoms with Gasteiger partial charge in [-0.1, -0.05) is 0 Å². The average molecular weight is 303 g/mol. The van der Waals surface area contributed by atoms with Crippen LogP contribution in [0.1, 0.15) is 26.2 Å². The molecule has 1 saturated carbocycles. The Morgan fingerprint density at radius 3 is 2.32 bits per heavy atom. The molecule has 0 saturated heterocycles. The molecular formula is C10H16F3NO4S. The highest BCUT2D eigenvalue weighted by Crippen LogP contribution is 2.37. The molecule has 0 amide bonds. The van der Waals surface area contributed by atoms with Gasteiger partial charge in [-0.05, 0) is 25.7 Å². The molecule has 0 aromatic heterocycles. The summed E-state index contributed by atoms with van der Waals surface area (Å²) in [4.78, 5) is 10.4. The van der Waals surface area contributed by atoms with E-state index in [4.69, 9.17) is 5.11 Å². The summed E-state index contributed by atoms with van der Waals surface area (Å²) in [5.74, 6) is -2.23. The molecule has 1 rings (SSSR count). The number of carboxylic acid groups (broad SMARTS) is 1. The smallest absolute Gasteiger partial charge is 0.402 e. The molecule has 0 aliphatic heterocycles. The summed E-state index contributed by atoms with van der Waals surface area (Å²) in [5.41, 5.74) is 0. The van der Waals surface area contributed by atoms with E-state index >= 15 is 0 Å². The van der Waals surface area contributed by atoms with Gasteiger partial charge in [0.05, 0.1) is 12.2 Å². The second kappa shape index (κ2) is 5.66. The van der Waals surface area contributed by atoms with Gasteiger partial charge in [-0.3, -0.25) is 4.79 Å². The average Bonchev–Trinajstić information content (AvgIpc) is 3.04. The van der Waals surface area contributed by atoms with Crippen LogP contribution >= 0.6 is 0 Å². The zero-order valence-corrected chi connectivity index (χ0v) is 11.2. The molecule has 9 heteroatoms. The van der Waals surface area contributed by atoms with Gasteiger partial charge in [0.15, 0.2) is 0 Å². The number of halogens is 3. The molecule has 0 bridgehead atoms. The van der Waals surface area contributed by atoms with Crippen LogP contribution in [-0.2, 0) is 14.8 Å². The molecule has 0 spiro atoms.